The van der Waals surface area contributed by atoms with Crippen molar-refractivity contribution in [2.45, 2.75) is 12.5 Å². The third-order valence-corrected chi connectivity index (χ3v) is 4.31. The van der Waals surface area contributed by atoms with Crippen LogP contribution >= 0.6 is 0 Å². The number of hydrogen-bond donors (Lipinski definition) is 1. The van der Waals surface area contributed by atoms with Crippen LogP contribution < -0.4 is 0 Å². The van der Waals surface area contributed by atoms with Crippen molar-refractivity contribution in [1.82, 2.24) is 4.90 Å². The molecule has 98 valence electrons. The van der Waals surface area contributed by atoms with E-state index in [2.05, 4.69) is 12.2 Å². The van der Waals surface area contributed by atoms with Crippen molar-refractivity contribution in [3.63, 3.8) is 0 Å². The largest absolute Gasteiger partial charge is 0.389 e. The monoisotopic (exact) mass is 251 g/mol. The van der Waals surface area contributed by atoms with Gasteiger partial charge in [0.25, 0.3) is 0 Å². The molecule has 5 heteroatoms. The van der Waals surface area contributed by atoms with Crippen LogP contribution in [0, 0.1) is 23.7 Å². The van der Waals surface area contributed by atoms with Crippen molar-refractivity contribution < 1.29 is 19.4 Å². The highest BCUT2D eigenvalue weighted by atomic mass is 16.5. The summed E-state index contributed by atoms with van der Waals surface area (Å²) in [4.78, 5) is 25.7. The molecule has 5 unspecified atom stereocenters. The first-order chi connectivity index (χ1) is 8.63. The fourth-order valence-electron chi connectivity index (χ4n) is 3.60. The van der Waals surface area contributed by atoms with Gasteiger partial charge in [-0.05, 0) is 18.3 Å². The standard InChI is InChI=1S/C13H17NO4/c1-18-6-9(15)5-14-12(16)10-7-2-3-8(4-7)11(10)13(14)17/h2-3,7-11,15H,4-6H2,1H3. The lowest BCUT2D eigenvalue weighted by Crippen LogP contribution is -2.40. The van der Waals surface area contributed by atoms with Crippen molar-refractivity contribution in [2.75, 3.05) is 20.3 Å². The number of β-amino-alcohol motifs (C(OH)–C–C–N with tert-alkyl or cyclic N) is 1. The summed E-state index contributed by atoms with van der Waals surface area (Å²) in [6, 6.07) is 0. The molecule has 1 saturated heterocycles. The van der Waals surface area contributed by atoms with Crippen LogP contribution in [0.5, 0.6) is 0 Å². The number of aliphatic hydroxyl groups excluding tert-OH is 1. The zero-order valence-corrected chi connectivity index (χ0v) is 10.3. The predicted octanol–water partition coefficient (Wildman–Crippen LogP) is -0.199. The van der Waals surface area contributed by atoms with Gasteiger partial charge in [0.2, 0.25) is 11.8 Å². The fraction of sp³-hybridized carbons (Fsp3) is 0.692. The number of allylic oxidation sites excluding steroid dienone is 2. The van der Waals surface area contributed by atoms with Crippen LogP contribution in [0.15, 0.2) is 12.2 Å². The Hall–Kier alpha value is -1.20. The van der Waals surface area contributed by atoms with E-state index in [4.69, 9.17) is 4.74 Å². The number of aliphatic hydroxyl groups is 1. The number of carbonyl (C=O) groups excluding carboxylic acids is 2. The van der Waals surface area contributed by atoms with E-state index in [1.165, 1.54) is 12.0 Å². The van der Waals surface area contributed by atoms with Crippen molar-refractivity contribution in [3.8, 4) is 0 Å². The molecule has 0 aromatic carbocycles. The molecule has 0 spiro atoms. The van der Waals surface area contributed by atoms with Gasteiger partial charge in [0.05, 0.1) is 31.1 Å². The molecule has 1 N–H and O–H groups in total. The van der Waals surface area contributed by atoms with E-state index in [1.807, 2.05) is 0 Å². The highest BCUT2D eigenvalue weighted by Gasteiger charge is 2.59. The number of hydrogen-bond acceptors (Lipinski definition) is 4. The average Bonchev–Trinajstić information content (AvgIpc) is 2.99. The van der Waals surface area contributed by atoms with Gasteiger partial charge in [-0.2, -0.15) is 0 Å². The number of fused-ring (bicyclic) bond motifs is 5. The molecule has 3 aliphatic rings. The Labute approximate surface area is 105 Å². The van der Waals surface area contributed by atoms with Gasteiger partial charge in [-0.3, -0.25) is 14.5 Å². The Morgan fingerprint density at radius 3 is 2.39 bits per heavy atom. The Kier molecular flexibility index (Phi) is 2.75. The fourth-order valence-corrected chi connectivity index (χ4v) is 3.60. The molecule has 0 radical (unpaired) electrons. The Morgan fingerprint density at radius 1 is 1.33 bits per heavy atom. The molecule has 1 heterocycles. The topological polar surface area (TPSA) is 66.8 Å². The maximum absolute atomic E-state index is 12.2. The molecule has 0 aromatic heterocycles. The normalized spacial score (nSPS) is 38.7. The molecule has 2 aliphatic carbocycles. The molecule has 2 amide bonds. The number of ether oxygens (including phenoxy) is 1. The van der Waals surface area contributed by atoms with Crippen LogP contribution in [0.2, 0.25) is 0 Å². The van der Waals surface area contributed by atoms with E-state index in [-0.39, 0.29) is 48.6 Å². The number of nitrogens with zero attached hydrogens (tertiary/aromatic N) is 1. The molecule has 1 saturated carbocycles. The third kappa shape index (κ3) is 1.54. The lowest BCUT2D eigenvalue weighted by molar-refractivity contribution is -0.142. The van der Waals surface area contributed by atoms with Crippen molar-refractivity contribution in [1.29, 1.82) is 0 Å². The highest BCUT2D eigenvalue weighted by Crippen LogP contribution is 2.52. The second-order valence-corrected chi connectivity index (χ2v) is 5.40. The van der Waals surface area contributed by atoms with Crippen LogP contribution in [0.3, 0.4) is 0 Å². The zero-order chi connectivity index (χ0) is 12.9. The van der Waals surface area contributed by atoms with Gasteiger partial charge < -0.3 is 9.84 Å². The van der Waals surface area contributed by atoms with Gasteiger partial charge in [-0.25, -0.2) is 0 Å². The molecular weight excluding hydrogens is 234 g/mol. The van der Waals surface area contributed by atoms with Gasteiger partial charge in [-0.15, -0.1) is 0 Å². The number of rotatable bonds is 4. The van der Waals surface area contributed by atoms with Crippen molar-refractivity contribution in [2.24, 2.45) is 23.7 Å². The van der Waals surface area contributed by atoms with E-state index in [0.717, 1.165) is 6.42 Å². The minimum Gasteiger partial charge on any atom is -0.389 e. The lowest BCUT2D eigenvalue weighted by atomic mass is 9.85. The van der Waals surface area contributed by atoms with Crippen molar-refractivity contribution in [3.05, 3.63) is 12.2 Å². The second kappa shape index (κ2) is 4.17. The van der Waals surface area contributed by atoms with Gasteiger partial charge in [0.15, 0.2) is 0 Å². The third-order valence-electron chi connectivity index (χ3n) is 4.31. The number of likely N-dealkylation sites (tertiary alicyclic amines) is 1. The summed E-state index contributed by atoms with van der Waals surface area (Å²) in [5, 5.41) is 9.67. The first-order valence-corrected chi connectivity index (χ1v) is 6.34. The maximum Gasteiger partial charge on any atom is 0.233 e. The number of imide groups is 1. The molecule has 2 bridgehead atoms. The molecule has 0 aromatic rings. The number of methoxy groups -OCH3 is 1. The maximum atomic E-state index is 12.2. The van der Waals surface area contributed by atoms with Crippen molar-refractivity contribution >= 4 is 11.8 Å². The first kappa shape index (κ1) is 11.9. The van der Waals surface area contributed by atoms with Crippen LogP contribution in [0.25, 0.3) is 0 Å². The molecule has 3 rings (SSSR count). The van der Waals surface area contributed by atoms with Crippen LogP contribution in [-0.2, 0) is 14.3 Å². The van der Waals surface area contributed by atoms with Gasteiger partial charge >= 0.3 is 0 Å². The smallest absolute Gasteiger partial charge is 0.233 e. The summed E-state index contributed by atoms with van der Waals surface area (Å²) in [7, 11) is 1.48. The summed E-state index contributed by atoms with van der Waals surface area (Å²) in [5.41, 5.74) is 0. The van der Waals surface area contributed by atoms with E-state index in [1.54, 1.807) is 0 Å². The number of carbonyl (C=O) groups is 2. The molecular formula is C13H17NO4. The Balaban J connectivity index is 1.76. The molecule has 18 heavy (non-hydrogen) atoms. The minimum atomic E-state index is -0.799. The summed E-state index contributed by atoms with van der Waals surface area (Å²) >= 11 is 0. The summed E-state index contributed by atoms with van der Waals surface area (Å²) in [6.07, 6.45) is 4.26. The Morgan fingerprint density at radius 2 is 1.89 bits per heavy atom. The predicted molar refractivity (Wildman–Crippen MR) is 62.3 cm³/mol. The minimum absolute atomic E-state index is 0.0535. The van der Waals surface area contributed by atoms with Gasteiger partial charge in [-0.1, -0.05) is 12.2 Å². The molecule has 5 nitrogen and oxygen atoms in total. The average molecular weight is 251 g/mol. The van der Waals surface area contributed by atoms with Crippen LogP contribution in [0.4, 0.5) is 0 Å². The Bertz CT molecular complexity index is 389. The lowest BCUT2D eigenvalue weighted by Gasteiger charge is -2.20. The number of amides is 2. The molecule has 2 fully saturated rings. The van der Waals surface area contributed by atoms with E-state index in [9.17, 15) is 14.7 Å². The molecule has 1 aliphatic heterocycles. The second-order valence-electron chi connectivity index (χ2n) is 5.40. The van der Waals surface area contributed by atoms with Gasteiger partial charge in [0.1, 0.15) is 0 Å². The highest BCUT2D eigenvalue weighted by molar-refractivity contribution is 6.06. The first-order valence-electron chi connectivity index (χ1n) is 6.34. The quantitative estimate of drug-likeness (QED) is 0.555. The summed E-state index contributed by atoms with van der Waals surface area (Å²) in [5.74, 6) is -0.138. The van der Waals surface area contributed by atoms with Crippen LogP contribution in [0.1, 0.15) is 6.42 Å². The SMILES string of the molecule is COCC(O)CN1C(=O)C2C3C=CC(C3)C2C1=O. The van der Waals surface area contributed by atoms with Crippen LogP contribution in [-0.4, -0.2) is 48.2 Å². The summed E-state index contributed by atoms with van der Waals surface area (Å²) < 4.78 is 4.82. The van der Waals surface area contributed by atoms with E-state index >= 15 is 0 Å². The summed E-state index contributed by atoms with van der Waals surface area (Å²) in [6.45, 7) is 0.190. The zero-order valence-electron chi connectivity index (χ0n) is 10.3. The van der Waals surface area contributed by atoms with E-state index < -0.39 is 6.10 Å². The van der Waals surface area contributed by atoms with E-state index in [0.29, 0.717) is 0 Å². The van der Waals surface area contributed by atoms with Gasteiger partial charge in [0, 0.05) is 7.11 Å². The molecule has 5 atom stereocenters.